The fraction of sp³-hybridized carbons (Fsp3) is 1.00. The second kappa shape index (κ2) is 7.25. The number of methoxy groups -OCH3 is 1. The Morgan fingerprint density at radius 2 is 1.62 bits per heavy atom. The van der Waals surface area contributed by atoms with Crippen molar-refractivity contribution in [1.82, 2.24) is 5.32 Å². The number of nitrogens with one attached hydrogen (secondary N) is 1. The molecule has 0 fully saturated rings. The molecule has 0 aliphatic rings. The Labute approximate surface area is 101 Å². The van der Waals surface area contributed by atoms with E-state index in [4.69, 9.17) is 9.47 Å². The van der Waals surface area contributed by atoms with E-state index >= 15 is 0 Å². The van der Waals surface area contributed by atoms with E-state index in [9.17, 15) is 0 Å². The summed E-state index contributed by atoms with van der Waals surface area (Å²) in [6.45, 7) is 13.3. The Hall–Kier alpha value is -0.120. The van der Waals surface area contributed by atoms with Crippen molar-refractivity contribution in [3.05, 3.63) is 0 Å². The van der Waals surface area contributed by atoms with Gasteiger partial charge in [0.1, 0.15) is 0 Å². The Balaban J connectivity index is 3.29. The van der Waals surface area contributed by atoms with Crippen molar-refractivity contribution < 1.29 is 9.47 Å². The molecule has 0 spiro atoms. The summed E-state index contributed by atoms with van der Waals surface area (Å²) in [7, 11) is 1.74. The molecule has 0 aromatic carbocycles. The Morgan fingerprint density at radius 3 is 2.12 bits per heavy atom. The Morgan fingerprint density at radius 1 is 1.00 bits per heavy atom. The minimum absolute atomic E-state index is 0.0658. The summed E-state index contributed by atoms with van der Waals surface area (Å²) in [5.41, 5.74) is 0.141. The van der Waals surface area contributed by atoms with Gasteiger partial charge in [-0.15, -0.1) is 0 Å². The first-order chi connectivity index (χ1) is 7.27. The van der Waals surface area contributed by atoms with Gasteiger partial charge in [0.25, 0.3) is 0 Å². The smallest absolute Gasteiger partial charge is 0.0644 e. The van der Waals surface area contributed by atoms with Gasteiger partial charge in [-0.05, 0) is 54.0 Å². The molecular formula is C13H29NO2. The van der Waals surface area contributed by atoms with E-state index < -0.39 is 0 Å². The first kappa shape index (κ1) is 15.9. The summed E-state index contributed by atoms with van der Waals surface area (Å²) >= 11 is 0. The molecule has 0 heterocycles. The zero-order valence-electron chi connectivity index (χ0n) is 11.9. The molecule has 1 N–H and O–H groups in total. The molecule has 0 rings (SSSR count). The first-order valence-corrected chi connectivity index (χ1v) is 6.15. The third-order valence-electron chi connectivity index (χ3n) is 2.52. The standard InChI is InChI=1S/C13H29NO2/c1-12(2,3)14-9-7-10-16-11-8-13(4,5)15-6/h14H,7-11H2,1-6H3. The molecule has 0 amide bonds. The lowest BCUT2D eigenvalue weighted by molar-refractivity contribution is -0.0100. The summed E-state index contributed by atoms with van der Waals surface area (Å²) in [5.74, 6) is 0. The van der Waals surface area contributed by atoms with E-state index in [0.717, 1.165) is 32.6 Å². The molecule has 0 saturated heterocycles. The fourth-order valence-electron chi connectivity index (χ4n) is 1.16. The van der Waals surface area contributed by atoms with Crippen molar-refractivity contribution in [2.24, 2.45) is 0 Å². The average Bonchev–Trinajstić information content (AvgIpc) is 2.14. The molecule has 0 aliphatic heterocycles. The molecule has 0 bridgehead atoms. The number of rotatable bonds is 8. The summed E-state index contributed by atoms with van der Waals surface area (Å²) in [6.07, 6.45) is 2.00. The minimum atomic E-state index is -0.0658. The van der Waals surface area contributed by atoms with Crippen LogP contribution in [0.2, 0.25) is 0 Å². The molecule has 3 heteroatoms. The number of ether oxygens (including phenoxy) is 2. The molecule has 0 aromatic heterocycles. The van der Waals surface area contributed by atoms with Crippen LogP contribution in [-0.2, 0) is 9.47 Å². The quantitative estimate of drug-likeness (QED) is 0.651. The van der Waals surface area contributed by atoms with Gasteiger partial charge in [-0.25, -0.2) is 0 Å². The van der Waals surface area contributed by atoms with Crippen LogP contribution in [0.3, 0.4) is 0 Å². The highest BCUT2D eigenvalue weighted by Gasteiger charge is 2.15. The highest BCUT2D eigenvalue weighted by atomic mass is 16.5. The lowest BCUT2D eigenvalue weighted by atomic mass is 10.1. The second-order valence-corrected chi connectivity index (χ2v) is 5.86. The largest absolute Gasteiger partial charge is 0.381 e. The topological polar surface area (TPSA) is 30.5 Å². The Kier molecular flexibility index (Phi) is 7.20. The molecule has 0 atom stereocenters. The lowest BCUT2D eigenvalue weighted by Crippen LogP contribution is -2.36. The van der Waals surface area contributed by atoms with Crippen LogP contribution >= 0.6 is 0 Å². The molecule has 0 saturated carbocycles. The highest BCUT2D eigenvalue weighted by Crippen LogP contribution is 2.12. The molecule has 0 unspecified atom stereocenters. The van der Waals surface area contributed by atoms with Gasteiger partial charge in [0, 0.05) is 25.9 Å². The molecule has 16 heavy (non-hydrogen) atoms. The van der Waals surface area contributed by atoms with Crippen LogP contribution in [0.25, 0.3) is 0 Å². The molecule has 3 nitrogen and oxygen atoms in total. The van der Waals surface area contributed by atoms with Crippen LogP contribution in [0.1, 0.15) is 47.5 Å². The van der Waals surface area contributed by atoms with Crippen molar-refractivity contribution in [3.63, 3.8) is 0 Å². The summed E-state index contributed by atoms with van der Waals surface area (Å²) < 4.78 is 10.9. The van der Waals surface area contributed by atoms with E-state index in [1.807, 2.05) is 0 Å². The number of hydrogen-bond acceptors (Lipinski definition) is 3. The fourth-order valence-corrected chi connectivity index (χ4v) is 1.16. The van der Waals surface area contributed by atoms with Crippen LogP contribution in [-0.4, -0.2) is 38.0 Å². The third-order valence-corrected chi connectivity index (χ3v) is 2.52. The van der Waals surface area contributed by atoms with E-state index in [1.165, 1.54) is 0 Å². The van der Waals surface area contributed by atoms with Gasteiger partial charge >= 0.3 is 0 Å². The number of hydrogen-bond donors (Lipinski definition) is 1. The zero-order chi connectivity index (χ0) is 12.7. The van der Waals surface area contributed by atoms with E-state index in [2.05, 4.69) is 39.9 Å². The van der Waals surface area contributed by atoms with Crippen LogP contribution in [0, 0.1) is 0 Å². The molecule has 98 valence electrons. The van der Waals surface area contributed by atoms with Gasteiger partial charge in [-0.3, -0.25) is 0 Å². The normalized spacial score (nSPS) is 13.1. The van der Waals surface area contributed by atoms with E-state index in [0.29, 0.717) is 0 Å². The van der Waals surface area contributed by atoms with Crippen molar-refractivity contribution >= 4 is 0 Å². The molecule has 0 aliphatic carbocycles. The van der Waals surface area contributed by atoms with Crippen molar-refractivity contribution in [2.75, 3.05) is 26.9 Å². The van der Waals surface area contributed by atoms with Crippen molar-refractivity contribution in [3.8, 4) is 0 Å². The summed E-state index contributed by atoms with van der Waals surface area (Å²) in [6, 6.07) is 0. The summed E-state index contributed by atoms with van der Waals surface area (Å²) in [4.78, 5) is 0. The van der Waals surface area contributed by atoms with Gasteiger partial charge in [-0.2, -0.15) is 0 Å². The van der Waals surface area contributed by atoms with Crippen molar-refractivity contribution in [1.29, 1.82) is 0 Å². The van der Waals surface area contributed by atoms with Gasteiger partial charge in [0.2, 0.25) is 0 Å². The van der Waals surface area contributed by atoms with Gasteiger partial charge < -0.3 is 14.8 Å². The molecular weight excluding hydrogens is 202 g/mol. The van der Waals surface area contributed by atoms with Crippen molar-refractivity contribution in [2.45, 2.75) is 58.6 Å². The lowest BCUT2D eigenvalue weighted by Gasteiger charge is -2.23. The average molecular weight is 231 g/mol. The maximum absolute atomic E-state index is 5.57. The maximum atomic E-state index is 5.57. The second-order valence-electron chi connectivity index (χ2n) is 5.86. The van der Waals surface area contributed by atoms with Crippen LogP contribution in [0.15, 0.2) is 0 Å². The van der Waals surface area contributed by atoms with E-state index in [-0.39, 0.29) is 11.1 Å². The van der Waals surface area contributed by atoms with Crippen LogP contribution < -0.4 is 5.32 Å². The SMILES string of the molecule is COC(C)(C)CCOCCCNC(C)(C)C. The predicted molar refractivity (Wildman–Crippen MR) is 68.9 cm³/mol. The molecule has 0 radical (unpaired) electrons. The van der Waals surface area contributed by atoms with Crippen LogP contribution in [0.5, 0.6) is 0 Å². The third kappa shape index (κ3) is 10.4. The monoisotopic (exact) mass is 231 g/mol. The first-order valence-electron chi connectivity index (χ1n) is 6.15. The molecule has 0 aromatic rings. The van der Waals surface area contributed by atoms with Gasteiger partial charge in [-0.1, -0.05) is 0 Å². The van der Waals surface area contributed by atoms with Crippen LogP contribution in [0.4, 0.5) is 0 Å². The zero-order valence-corrected chi connectivity index (χ0v) is 11.9. The van der Waals surface area contributed by atoms with E-state index in [1.54, 1.807) is 7.11 Å². The van der Waals surface area contributed by atoms with Gasteiger partial charge in [0.05, 0.1) is 5.60 Å². The minimum Gasteiger partial charge on any atom is -0.381 e. The predicted octanol–water partition coefficient (Wildman–Crippen LogP) is 2.60. The Bertz CT molecular complexity index is 173. The maximum Gasteiger partial charge on any atom is 0.0644 e. The summed E-state index contributed by atoms with van der Waals surface area (Å²) in [5, 5.41) is 3.44. The van der Waals surface area contributed by atoms with Gasteiger partial charge in [0.15, 0.2) is 0 Å². The highest BCUT2D eigenvalue weighted by molar-refractivity contribution is 4.69.